The number of hydrogen-bond acceptors (Lipinski definition) is 4. The van der Waals surface area contributed by atoms with Gasteiger partial charge >= 0.3 is 0 Å². The highest BCUT2D eigenvalue weighted by Crippen LogP contribution is 2.41. The van der Waals surface area contributed by atoms with Crippen LogP contribution < -0.4 is 16.4 Å². The maximum Gasteiger partial charge on any atom is 0.131 e. The van der Waals surface area contributed by atoms with E-state index in [2.05, 4.69) is 16.8 Å². The Morgan fingerprint density at radius 3 is 3.17 bits per heavy atom. The summed E-state index contributed by atoms with van der Waals surface area (Å²) in [4.78, 5) is 6.34. The van der Waals surface area contributed by atoms with Crippen LogP contribution in [0.15, 0.2) is 11.0 Å². The molecule has 2 heterocycles. The molecule has 1 aromatic rings. The molecule has 1 atom stereocenters. The van der Waals surface area contributed by atoms with E-state index >= 15 is 0 Å². The summed E-state index contributed by atoms with van der Waals surface area (Å²) >= 11 is 1.64. The molecule has 1 aromatic heterocycles. The predicted octanol–water partition coefficient (Wildman–Crippen LogP) is 0.771. The van der Waals surface area contributed by atoms with Crippen molar-refractivity contribution in [3.05, 3.63) is 6.07 Å². The fraction of sp³-hybridized carbons (Fsp3) is 0.429. The molecule has 0 radical (unpaired) electrons. The fourth-order valence-corrected chi connectivity index (χ4v) is 2.52. The third-order valence-corrected chi connectivity index (χ3v) is 3.03. The summed E-state index contributed by atoms with van der Waals surface area (Å²) in [7, 11) is 0. The number of fused-ring (bicyclic) bond motifs is 1. The summed E-state index contributed by atoms with van der Waals surface area (Å²) in [5.41, 5.74) is 11.5. The maximum atomic E-state index is 5.86. The first-order valence-corrected chi connectivity index (χ1v) is 4.77. The molecule has 0 spiro atoms. The van der Waals surface area contributed by atoms with Gasteiger partial charge in [0.1, 0.15) is 17.1 Å². The van der Waals surface area contributed by atoms with Crippen molar-refractivity contribution in [2.75, 3.05) is 17.2 Å². The van der Waals surface area contributed by atoms with E-state index in [1.165, 1.54) is 0 Å². The van der Waals surface area contributed by atoms with Gasteiger partial charge in [-0.15, -0.1) is 0 Å². The number of H-pyrrole nitrogens is 1. The van der Waals surface area contributed by atoms with Gasteiger partial charge in [0.25, 0.3) is 0 Å². The summed E-state index contributed by atoms with van der Waals surface area (Å²) < 4.78 is 0. The molecular weight excluding hydrogens is 172 g/mol. The second-order valence-corrected chi connectivity index (χ2v) is 3.89. The third kappa shape index (κ3) is 0.971. The smallest absolute Gasteiger partial charge is 0.131 e. The number of aromatic amines is 1. The van der Waals surface area contributed by atoms with Crippen molar-refractivity contribution in [1.82, 2.24) is 4.98 Å². The summed E-state index contributed by atoms with van der Waals surface area (Å²) in [5.74, 6) is 1.77. The lowest BCUT2D eigenvalue weighted by atomic mass is 10.5. The molecule has 1 unspecified atom stereocenters. The first-order chi connectivity index (χ1) is 5.72. The predicted molar refractivity (Wildman–Crippen MR) is 52.1 cm³/mol. The van der Waals surface area contributed by atoms with Gasteiger partial charge in [0.05, 0.1) is 4.90 Å². The largest absolute Gasteiger partial charge is 0.385 e. The molecule has 0 saturated carbocycles. The van der Waals surface area contributed by atoms with Crippen LogP contribution in [0.25, 0.3) is 0 Å². The van der Waals surface area contributed by atoms with E-state index in [-0.39, 0.29) is 5.50 Å². The van der Waals surface area contributed by atoms with Crippen molar-refractivity contribution in [2.24, 2.45) is 5.73 Å². The molecule has 0 aliphatic carbocycles. The molecule has 12 heavy (non-hydrogen) atoms. The SMILES string of the molecule is CCN1c2[nH]c(N)cc2SC1N. The van der Waals surface area contributed by atoms with E-state index in [4.69, 9.17) is 11.5 Å². The van der Waals surface area contributed by atoms with Gasteiger partial charge in [0.15, 0.2) is 0 Å². The van der Waals surface area contributed by atoms with Gasteiger partial charge in [-0.2, -0.15) is 0 Å². The van der Waals surface area contributed by atoms with Crippen molar-refractivity contribution in [3.63, 3.8) is 0 Å². The molecular formula is C7H12N4S. The molecule has 2 rings (SSSR count). The second-order valence-electron chi connectivity index (χ2n) is 2.73. The van der Waals surface area contributed by atoms with Crippen molar-refractivity contribution in [1.29, 1.82) is 0 Å². The Morgan fingerprint density at radius 2 is 2.50 bits per heavy atom. The van der Waals surface area contributed by atoms with Crippen LogP contribution in [0.1, 0.15) is 6.92 Å². The molecule has 4 nitrogen and oxygen atoms in total. The molecule has 0 fully saturated rings. The highest BCUT2D eigenvalue weighted by molar-refractivity contribution is 8.00. The van der Waals surface area contributed by atoms with Crippen molar-refractivity contribution in [3.8, 4) is 0 Å². The number of nitrogen functional groups attached to an aromatic ring is 1. The molecule has 5 heteroatoms. The van der Waals surface area contributed by atoms with E-state index in [9.17, 15) is 0 Å². The second kappa shape index (κ2) is 2.60. The molecule has 0 saturated heterocycles. The van der Waals surface area contributed by atoms with Crippen LogP contribution in [0.2, 0.25) is 0 Å². The van der Waals surface area contributed by atoms with Crippen LogP contribution >= 0.6 is 11.8 Å². The van der Waals surface area contributed by atoms with Gasteiger partial charge in [-0.25, -0.2) is 0 Å². The molecule has 0 amide bonds. The van der Waals surface area contributed by atoms with E-state index in [1.807, 2.05) is 6.07 Å². The van der Waals surface area contributed by atoms with Gasteiger partial charge in [-0.05, 0) is 13.0 Å². The van der Waals surface area contributed by atoms with Gasteiger partial charge in [-0.1, -0.05) is 11.8 Å². The Morgan fingerprint density at radius 1 is 1.75 bits per heavy atom. The number of nitrogens with one attached hydrogen (secondary N) is 1. The summed E-state index contributed by atoms with van der Waals surface area (Å²) in [5, 5.41) is 0. The van der Waals surface area contributed by atoms with Gasteiger partial charge in [0.2, 0.25) is 0 Å². The summed E-state index contributed by atoms with van der Waals surface area (Å²) in [6, 6.07) is 1.93. The number of nitrogens with two attached hydrogens (primary N) is 2. The number of anilines is 2. The van der Waals surface area contributed by atoms with Crippen molar-refractivity contribution in [2.45, 2.75) is 17.3 Å². The Labute approximate surface area is 75.3 Å². The monoisotopic (exact) mass is 184 g/mol. The van der Waals surface area contributed by atoms with E-state index in [0.717, 1.165) is 17.3 Å². The van der Waals surface area contributed by atoms with Crippen LogP contribution in [0.3, 0.4) is 0 Å². The van der Waals surface area contributed by atoms with E-state index in [1.54, 1.807) is 11.8 Å². The first kappa shape index (κ1) is 7.82. The Balaban J connectivity index is 2.38. The van der Waals surface area contributed by atoms with Crippen molar-refractivity contribution >= 4 is 23.4 Å². The van der Waals surface area contributed by atoms with Crippen LogP contribution in [-0.4, -0.2) is 17.0 Å². The standard InChI is InChI=1S/C7H12N4S/c1-2-11-6-4(12-7(11)9)3-5(8)10-6/h3,7,10H,2,8-9H2,1H3. The normalized spacial score (nSPS) is 21.5. The van der Waals surface area contributed by atoms with Crippen LogP contribution in [0, 0.1) is 0 Å². The lowest BCUT2D eigenvalue weighted by Gasteiger charge is -2.20. The Bertz CT molecular complexity index is 296. The van der Waals surface area contributed by atoms with Crippen molar-refractivity contribution < 1.29 is 0 Å². The van der Waals surface area contributed by atoms with Gasteiger partial charge < -0.3 is 21.4 Å². The van der Waals surface area contributed by atoms with Crippen LogP contribution in [0.5, 0.6) is 0 Å². The number of hydrogen-bond donors (Lipinski definition) is 3. The molecule has 1 aliphatic rings. The number of nitrogens with zero attached hydrogens (tertiary/aromatic N) is 1. The summed E-state index contributed by atoms with van der Waals surface area (Å²) in [6.07, 6.45) is 0. The molecule has 1 aliphatic heterocycles. The molecule has 0 aromatic carbocycles. The summed E-state index contributed by atoms with van der Waals surface area (Å²) in [6.45, 7) is 2.98. The average molecular weight is 184 g/mol. The highest BCUT2D eigenvalue weighted by atomic mass is 32.2. The minimum Gasteiger partial charge on any atom is -0.385 e. The van der Waals surface area contributed by atoms with E-state index in [0.29, 0.717) is 5.82 Å². The number of thioether (sulfide) groups is 1. The minimum atomic E-state index is 0.0387. The number of aromatic nitrogens is 1. The van der Waals surface area contributed by atoms with Crippen LogP contribution in [0.4, 0.5) is 11.6 Å². The molecule has 5 N–H and O–H groups in total. The lowest BCUT2D eigenvalue weighted by Crippen LogP contribution is -2.36. The zero-order valence-corrected chi connectivity index (χ0v) is 7.69. The first-order valence-electron chi connectivity index (χ1n) is 3.89. The Kier molecular flexibility index (Phi) is 1.69. The fourth-order valence-electron chi connectivity index (χ4n) is 1.41. The quantitative estimate of drug-likeness (QED) is 0.603. The Hall–Kier alpha value is -0.810. The average Bonchev–Trinajstić information content (AvgIpc) is 2.43. The van der Waals surface area contributed by atoms with Crippen LogP contribution in [-0.2, 0) is 0 Å². The van der Waals surface area contributed by atoms with Gasteiger partial charge in [-0.3, -0.25) is 0 Å². The topological polar surface area (TPSA) is 71.1 Å². The lowest BCUT2D eigenvalue weighted by molar-refractivity contribution is 0.797. The molecule has 0 bridgehead atoms. The van der Waals surface area contributed by atoms with Gasteiger partial charge in [0, 0.05) is 6.54 Å². The highest BCUT2D eigenvalue weighted by Gasteiger charge is 2.27. The zero-order chi connectivity index (χ0) is 8.72. The minimum absolute atomic E-state index is 0.0387. The molecule has 66 valence electrons. The zero-order valence-electron chi connectivity index (χ0n) is 6.87. The van der Waals surface area contributed by atoms with E-state index < -0.39 is 0 Å². The number of rotatable bonds is 1. The third-order valence-electron chi connectivity index (χ3n) is 1.97. The maximum absolute atomic E-state index is 5.86.